The molecule has 0 bridgehead atoms. The standard InChI is InChI=1S/C14H30N2O/c1-5-16(10-13(3)17-4)14(11-15)8-6-12(2)7-9-14/h12-13H,5-11,15H2,1-4H3. The lowest BCUT2D eigenvalue weighted by atomic mass is 9.76. The van der Waals surface area contributed by atoms with E-state index in [1.807, 2.05) is 0 Å². The third-order valence-corrected chi connectivity index (χ3v) is 4.52. The fourth-order valence-corrected chi connectivity index (χ4v) is 2.99. The first-order chi connectivity index (χ1) is 8.07. The zero-order valence-corrected chi connectivity index (χ0v) is 12.0. The molecule has 1 atom stereocenters. The Morgan fingerprint density at radius 1 is 1.41 bits per heavy atom. The van der Waals surface area contributed by atoms with Crippen molar-refractivity contribution in [2.24, 2.45) is 11.7 Å². The molecule has 0 aromatic heterocycles. The van der Waals surface area contributed by atoms with Crippen LogP contribution < -0.4 is 5.73 Å². The molecule has 1 rings (SSSR count). The van der Waals surface area contributed by atoms with E-state index in [0.717, 1.165) is 25.6 Å². The number of hydrogen-bond donors (Lipinski definition) is 1. The van der Waals surface area contributed by atoms with Crippen LogP contribution in [0.3, 0.4) is 0 Å². The average Bonchev–Trinajstić information content (AvgIpc) is 2.37. The van der Waals surface area contributed by atoms with Crippen molar-refractivity contribution in [2.75, 3.05) is 26.7 Å². The van der Waals surface area contributed by atoms with Gasteiger partial charge in [0.15, 0.2) is 0 Å². The summed E-state index contributed by atoms with van der Waals surface area (Å²) in [5.41, 5.74) is 6.33. The van der Waals surface area contributed by atoms with E-state index in [9.17, 15) is 0 Å². The van der Waals surface area contributed by atoms with Gasteiger partial charge in [-0.3, -0.25) is 4.90 Å². The number of nitrogens with two attached hydrogens (primary N) is 1. The molecule has 3 heteroatoms. The van der Waals surface area contributed by atoms with Crippen molar-refractivity contribution in [2.45, 2.75) is 58.1 Å². The van der Waals surface area contributed by atoms with Crippen LogP contribution >= 0.6 is 0 Å². The average molecular weight is 242 g/mol. The minimum Gasteiger partial charge on any atom is -0.380 e. The van der Waals surface area contributed by atoms with Gasteiger partial charge in [0, 0.05) is 25.7 Å². The number of methoxy groups -OCH3 is 1. The Hall–Kier alpha value is -0.120. The van der Waals surface area contributed by atoms with Crippen molar-refractivity contribution in [3.63, 3.8) is 0 Å². The number of nitrogens with zero attached hydrogens (tertiary/aromatic N) is 1. The molecule has 0 spiro atoms. The van der Waals surface area contributed by atoms with Gasteiger partial charge in [-0.25, -0.2) is 0 Å². The van der Waals surface area contributed by atoms with Crippen molar-refractivity contribution in [1.29, 1.82) is 0 Å². The molecule has 17 heavy (non-hydrogen) atoms. The molecule has 1 saturated carbocycles. The Kier molecular flexibility index (Phi) is 5.90. The molecule has 0 aromatic carbocycles. The molecular weight excluding hydrogens is 212 g/mol. The maximum atomic E-state index is 6.09. The highest BCUT2D eigenvalue weighted by Crippen LogP contribution is 2.35. The van der Waals surface area contributed by atoms with Gasteiger partial charge in [-0.15, -0.1) is 0 Å². The first-order valence-corrected chi connectivity index (χ1v) is 7.06. The minimum absolute atomic E-state index is 0.230. The van der Waals surface area contributed by atoms with Crippen LogP contribution in [0.25, 0.3) is 0 Å². The van der Waals surface area contributed by atoms with Crippen LogP contribution in [0.1, 0.15) is 46.5 Å². The highest BCUT2D eigenvalue weighted by molar-refractivity contribution is 4.95. The van der Waals surface area contributed by atoms with E-state index in [1.54, 1.807) is 7.11 Å². The highest BCUT2D eigenvalue weighted by Gasteiger charge is 2.38. The molecule has 0 aromatic rings. The first kappa shape index (κ1) is 14.9. The van der Waals surface area contributed by atoms with Crippen molar-refractivity contribution in [1.82, 2.24) is 4.90 Å². The van der Waals surface area contributed by atoms with Gasteiger partial charge in [-0.1, -0.05) is 13.8 Å². The normalized spacial score (nSPS) is 31.8. The Labute approximate surface area is 107 Å². The Morgan fingerprint density at radius 2 is 2.00 bits per heavy atom. The lowest BCUT2D eigenvalue weighted by Gasteiger charge is -2.47. The molecule has 102 valence electrons. The van der Waals surface area contributed by atoms with E-state index in [0.29, 0.717) is 0 Å². The maximum Gasteiger partial charge on any atom is 0.0670 e. The van der Waals surface area contributed by atoms with E-state index in [1.165, 1.54) is 25.7 Å². The molecule has 3 nitrogen and oxygen atoms in total. The number of rotatable bonds is 6. The molecule has 1 aliphatic rings. The Bertz CT molecular complexity index is 212. The van der Waals surface area contributed by atoms with Gasteiger partial charge in [0.1, 0.15) is 0 Å². The van der Waals surface area contributed by atoms with Crippen LogP contribution in [-0.2, 0) is 4.74 Å². The molecule has 0 heterocycles. The summed E-state index contributed by atoms with van der Waals surface area (Å²) in [6.07, 6.45) is 5.41. The van der Waals surface area contributed by atoms with E-state index < -0.39 is 0 Å². The van der Waals surface area contributed by atoms with Gasteiger partial charge in [0.2, 0.25) is 0 Å². The summed E-state index contributed by atoms with van der Waals surface area (Å²) < 4.78 is 5.40. The summed E-state index contributed by atoms with van der Waals surface area (Å²) in [5.74, 6) is 0.869. The van der Waals surface area contributed by atoms with Crippen LogP contribution in [0, 0.1) is 5.92 Å². The second-order valence-electron chi connectivity index (χ2n) is 5.70. The van der Waals surface area contributed by atoms with Crippen LogP contribution in [0.4, 0.5) is 0 Å². The molecule has 1 unspecified atom stereocenters. The summed E-state index contributed by atoms with van der Waals surface area (Å²) in [4.78, 5) is 2.55. The smallest absolute Gasteiger partial charge is 0.0670 e. The van der Waals surface area contributed by atoms with Gasteiger partial charge in [-0.05, 0) is 45.1 Å². The minimum atomic E-state index is 0.230. The predicted octanol–water partition coefficient (Wildman–Crippen LogP) is 2.25. The number of hydrogen-bond acceptors (Lipinski definition) is 3. The van der Waals surface area contributed by atoms with Gasteiger partial charge in [-0.2, -0.15) is 0 Å². The van der Waals surface area contributed by atoms with Gasteiger partial charge >= 0.3 is 0 Å². The van der Waals surface area contributed by atoms with Gasteiger partial charge in [0.05, 0.1) is 6.10 Å². The van der Waals surface area contributed by atoms with Crippen molar-refractivity contribution in [3.05, 3.63) is 0 Å². The van der Waals surface area contributed by atoms with E-state index in [-0.39, 0.29) is 11.6 Å². The largest absolute Gasteiger partial charge is 0.380 e. The Balaban J connectivity index is 2.68. The van der Waals surface area contributed by atoms with Crippen molar-refractivity contribution >= 4 is 0 Å². The highest BCUT2D eigenvalue weighted by atomic mass is 16.5. The number of likely N-dealkylation sites (N-methyl/N-ethyl adjacent to an activating group) is 1. The van der Waals surface area contributed by atoms with Crippen LogP contribution in [0.2, 0.25) is 0 Å². The molecular formula is C14H30N2O. The SMILES string of the molecule is CCN(CC(C)OC)C1(CN)CCC(C)CC1. The zero-order chi connectivity index (χ0) is 12.9. The van der Waals surface area contributed by atoms with Crippen LogP contribution in [0.15, 0.2) is 0 Å². The zero-order valence-electron chi connectivity index (χ0n) is 12.0. The van der Waals surface area contributed by atoms with Crippen molar-refractivity contribution < 1.29 is 4.74 Å². The summed E-state index contributed by atoms with van der Waals surface area (Å²) in [6, 6.07) is 0. The maximum absolute atomic E-state index is 6.09. The molecule has 1 aliphatic carbocycles. The van der Waals surface area contributed by atoms with E-state index >= 15 is 0 Å². The first-order valence-electron chi connectivity index (χ1n) is 7.06. The van der Waals surface area contributed by atoms with Crippen LogP contribution in [-0.4, -0.2) is 43.3 Å². The van der Waals surface area contributed by atoms with E-state index in [2.05, 4.69) is 25.7 Å². The monoisotopic (exact) mass is 242 g/mol. The van der Waals surface area contributed by atoms with E-state index in [4.69, 9.17) is 10.5 Å². The second-order valence-corrected chi connectivity index (χ2v) is 5.70. The lowest BCUT2D eigenvalue weighted by molar-refractivity contribution is 0.00140. The topological polar surface area (TPSA) is 38.5 Å². The third-order valence-electron chi connectivity index (χ3n) is 4.52. The fraction of sp³-hybridized carbons (Fsp3) is 1.00. The van der Waals surface area contributed by atoms with Gasteiger partial charge < -0.3 is 10.5 Å². The summed E-state index contributed by atoms with van der Waals surface area (Å²) >= 11 is 0. The van der Waals surface area contributed by atoms with Crippen LogP contribution in [0.5, 0.6) is 0 Å². The molecule has 0 radical (unpaired) electrons. The summed E-state index contributed by atoms with van der Waals surface area (Å²) in [5, 5.41) is 0. The lowest BCUT2D eigenvalue weighted by Crippen LogP contribution is -2.57. The summed E-state index contributed by atoms with van der Waals surface area (Å²) in [7, 11) is 1.79. The summed E-state index contributed by atoms with van der Waals surface area (Å²) in [6.45, 7) is 9.58. The fourth-order valence-electron chi connectivity index (χ4n) is 2.99. The Morgan fingerprint density at radius 3 is 2.41 bits per heavy atom. The van der Waals surface area contributed by atoms with Crippen molar-refractivity contribution in [3.8, 4) is 0 Å². The quantitative estimate of drug-likeness (QED) is 0.776. The second kappa shape index (κ2) is 6.72. The third kappa shape index (κ3) is 3.67. The van der Waals surface area contributed by atoms with Gasteiger partial charge in [0.25, 0.3) is 0 Å². The molecule has 0 saturated heterocycles. The molecule has 0 amide bonds. The molecule has 2 N–H and O–H groups in total. The number of ether oxygens (including phenoxy) is 1. The molecule has 1 fully saturated rings. The molecule has 0 aliphatic heterocycles. The predicted molar refractivity (Wildman–Crippen MR) is 73.1 cm³/mol.